The predicted molar refractivity (Wildman–Crippen MR) is 87.0 cm³/mol. The number of hydrogen-bond acceptors (Lipinski definition) is 3. The summed E-state index contributed by atoms with van der Waals surface area (Å²) in [5.41, 5.74) is 1.36. The minimum Gasteiger partial charge on any atom is -0.489 e. The lowest BCUT2D eigenvalue weighted by Crippen LogP contribution is -2.36. The number of morpholine rings is 1. The number of benzene rings is 1. The number of rotatable bonds is 5. The van der Waals surface area contributed by atoms with E-state index in [1.54, 1.807) is 0 Å². The fourth-order valence-electron chi connectivity index (χ4n) is 2.43. The van der Waals surface area contributed by atoms with Crippen molar-refractivity contribution in [3.05, 3.63) is 42.0 Å². The molecular weight excluding hydrogens is 262 g/mol. The van der Waals surface area contributed by atoms with E-state index in [1.807, 2.05) is 6.07 Å². The Morgan fingerprint density at radius 3 is 2.57 bits per heavy atom. The van der Waals surface area contributed by atoms with Crippen LogP contribution in [0.2, 0.25) is 0 Å². The van der Waals surface area contributed by atoms with Crippen molar-refractivity contribution >= 4 is 0 Å². The van der Waals surface area contributed by atoms with Gasteiger partial charge in [-0.3, -0.25) is 4.90 Å². The molecular formula is C18H27NO2. The maximum Gasteiger partial charge on any atom is 0.123 e. The minimum atomic E-state index is 0.105. The van der Waals surface area contributed by atoms with E-state index in [1.165, 1.54) is 5.56 Å². The summed E-state index contributed by atoms with van der Waals surface area (Å²) in [4.78, 5) is 2.39. The standard InChI is InChI=1S/C18H27NO2/c1-18(2,3)16-8-4-5-9-17(16)21-13-7-6-10-19-11-14-20-15-12-19/h4-9H,10-15H2,1-3H3/b7-6+. The Kier molecular flexibility index (Phi) is 5.83. The molecule has 1 aromatic carbocycles. The summed E-state index contributed by atoms with van der Waals surface area (Å²) in [5, 5.41) is 0. The zero-order valence-electron chi connectivity index (χ0n) is 13.5. The van der Waals surface area contributed by atoms with Gasteiger partial charge >= 0.3 is 0 Å². The second-order valence-corrected chi connectivity index (χ2v) is 6.44. The molecule has 21 heavy (non-hydrogen) atoms. The van der Waals surface area contributed by atoms with Crippen molar-refractivity contribution in [2.75, 3.05) is 39.5 Å². The molecule has 116 valence electrons. The van der Waals surface area contributed by atoms with Crippen molar-refractivity contribution in [2.24, 2.45) is 0 Å². The molecule has 2 rings (SSSR count). The lowest BCUT2D eigenvalue weighted by Gasteiger charge is -2.25. The van der Waals surface area contributed by atoms with E-state index >= 15 is 0 Å². The Morgan fingerprint density at radius 1 is 1.14 bits per heavy atom. The molecule has 1 aliphatic rings. The van der Waals surface area contributed by atoms with Crippen LogP contribution < -0.4 is 4.74 Å². The Balaban J connectivity index is 1.80. The highest BCUT2D eigenvalue weighted by Crippen LogP contribution is 2.30. The van der Waals surface area contributed by atoms with Crippen LogP contribution in [0.4, 0.5) is 0 Å². The summed E-state index contributed by atoms with van der Waals surface area (Å²) in [6.45, 7) is 12.0. The molecule has 0 bridgehead atoms. The van der Waals surface area contributed by atoms with Crippen molar-refractivity contribution < 1.29 is 9.47 Å². The topological polar surface area (TPSA) is 21.7 Å². The monoisotopic (exact) mass is 289 g/mol. The summed E-state index contributed by atoms with van der Waals surface area (Å²) >= 11 is 0. The molecule has 0 saturated carbocycles. The normalized spacial score (nSPS) is 17.3. The van der Waals surface area contributed by atoms with E-state index in [9.17, 15) is 0 Å². The van der Waals surface area contributed by atoms with Gasteiger partial charge in [0, 0.05) is 19.6 Å². The van der Waals surface area contributed by atoms with Crippen molar-refractivity contribution in [1.29, 1.82) is 0 Å². The summed E-state index contributed by atoms with van der Waals surface area (Å²) in [5.74, 6) is 0.987. The van der Waals surface area contributed by atoms with Crippen molar-refractivity contribution in [2.45, 2.75) is 26.2 Å². The highest BCUT2D eigenvalue weighted by atomic mass is 16.5. The molecule has 1 aromatic rings. The molecule has 0 aliphatic carbocycles. The van der Waals surface area contributed by atoms with Gasteiger partial charge in [-0.2, -0.15) is 0 Å². The van der Waals surface area contributed by atoms with Crippen LogP contribution >= 0.6 is 0 Å². The molecule has 0 N–H and O–H groups in total. The first-order chi connectivity index (χ1) is 10.1. The highest BCUT2D eigenvalue weighted by Gasteiger charge is 2.17. The van der Waals surface area contributed by atoms with Gasteiger partial charge in [-0.1, -0.05) is 51.1 Å². The van der Waals surface area contributed by atoms with E-state index in [2.05, 4.69) is 56.0 Å². The summed E-state index contributed by atoms with van der Waals surface area (Å²) < 4.78 is 11.3. The smallest absolute Gasteiger partial charge is 0.123 e. The van der Waals surface area contributed by atoms with Gasteiger partial charge < -0.3 is 9.47 Å². The fourth-order valence-corrected chi connectivity index (χ4v) is 2.43. The third kappa shape index (κ3) is 5.18. The van der Waals surface area contributed by atoms with Crippen LogP contribution in [0.25, 0.3) is 0 Å². The van der Waals surface area contributed by atoms with Gasteiger partial charge in [-0.15, -0.1) is 0 Å². The van der Waals surface area contributed by atoms with Gasteiger partial charge in [-0.25, -0.2) is 0 Å². The highest BCUT2D eigenvalue weighted by molar-refractivity contribution is 5.38. The van der Waals surface area contributed by atoms with E-state index in [0.29, 0.717) is 6.61 Å². The molecule has 1 aliphatic heterocycles. The van der Waals surface area contributed by atoms with Crippen molar-refractivity contribution in [3.63, 3.8) is 0 Å². The lowest BCUT2D eigenvalue weighted by atomic mass is 9.86. The molecule has 0 unspecified atom stereocenters. The largest absolute Gasteiger partial charge is 0.489 e. The molecule has 1 heterocycles. The van der Waals surface area contributed by atoms with Gasteiger partial charge in [0.1, 0.15) is 12.4 Å². The molecule has 1 fully saturated rings. The van der Waals surface area contributed by atoms with Crippen LogP contribution in [0.5, 0.6) is 5.75 Å². The predicted octanol–water partition coefficient (Wildman–Crippen LogP) is 3.25. The van der Waals surface area contributed by atoms with Crippen molar-refractivity contribution in [3.8, 4) is 5.75 Å². The summed E-state index contributed by atoms with van der Waals surface area (Å²) in [7, 11) is 0. The molecule has 0 amide bonds. The van der Waals surface area contributed by atoms with Gasteiger partial charge in [0.05, 0.1) is 13.2 Å². The average molecular weight is 289 g/mol. The number of ether oxygens (including phenoxy) is 2. The summed E-state index contributed by atoms with van der Waals surface area (Å²) in [6.07, 6.45) is 4.29. The Morgan fingerprint density at radius 2 is 1.86 bits per heavy atom. The third-order valence-corrected chi connectivity index (χ3v) is 3.66. The van der Waals surface area contributed by atoms with Crippen LogP contribution in [0.1, 0.15) is 26.3 Å². The first-order valence-corrected chi connectivity index (χ1v) is 7.75. The third-order valence-electron chi connectivity index (χ3n) is 3.66. The van der Waals surface area contributed by atoms with Crippen molar-refractivity contribution in [1.82, 2.24) is 4.90 Å². The van der Waals surface area contributed by atoms with Crippen LogP contribution in [0.3, 0.4) is 0 Å². The second kappa shape index (κ2) is 7.62. The number of nitrogens with zero attached hydrogens (tertiary/aromatic N) is 1. The second-order valence-electron chi connectivity index (χ2n) is 6.44. The summed E-state index contributed by atoms with van der Waals surface area (Å²) in [6, 6.07) is 8.30. The molecule has 3 heteroatoms. The van der Waals surface area contributed by atoms with Gasteiger partial charge in [0.25, 0.3) is 0 Å². The zero-order valence-corrected chi connectivity index (χ0v) is 13.5. The van der Waals surface area contributed by atoms with E-state index < -0.39 is 0 Å². The van der Waals surface area contributed by atoms with Crippen LogP contribution in [-0.2, 0) is 10.2 Å². The average Bonchev–Trinajstić information content (AvgIpc) is 2.47. The Bertz CT molecular complexity index is 457. The maximum atomic E-state index is 5.92. The number of para-hydroxylation sites is 1. The first-order valence-electron chi connectivity index (χ1n) is 7.75. The van der Waals surface area contributed by atoms with E-state index in [4.69, 9.17) is 9.47 Å². The molecule has 0 aromatic heterocycles. The van der Waals surface area contributed by atoms with Gasteiger partial charge in [0.15, 0.2) is 0 Å². The van der Waals surface area contributed by atoms with Crippen LogP contribution in [0.15, 0.2) is 36.4 Å². The van der Waals surface area contributed by atoms with Crippen LogP contribution in [-0.4, -0.2) is 44.4 Å². The minimum absolute atomic E-state index is 0.105. The van der Waals surface area contributed by atoms with E-state index in [0.717, 1.165) is 38.6 Å². The Hall–Kier alpha value is -1.32. The molecule has 1 saturated heterocycles. The first kappa shape index (κ1) is 16.1. The van der Waals surface area contributed by atoms with E-state index in [-0.39, 0.29) is 5.41 Å². The molecule has 3 nitrogen and oxygen atoms in total. The Labute approximate surface area is 128 Å². The number of hydrogen-bond donors (Lipinski definition) is 0. The van der Waals surface area contributed by atoms with Crippen LogP contribution in [0, 0.1) is 0 Å². The SMILES string of the molecule is CC(C)(C)c1ccccc1OC/C=C/CN1CCOCC1. The van der Waals surface area contributed by atoms with Gasteiger partial charge in [0.2, 0.25) is 0 Å². The molecule has 0 spiro atoms. The fraction of sp³-hybridized carbons (Fsp3) is 0.556. The quantitative estimate of drug-likeness (QED) is 0.777. The molecule has 0 radical (unpaired) electrons. The molecule has 0 atom stereocenters. The maximum absolute atomic E-state index is 5.92. The zero-order chi connectivity index (χ0) is 15.1. The lowest BCUT2D eigenvalue weighted by molar-refractivity contribution is 0.0434. The van der Waals surface area contributed by atoms with Gasteiger partial charge in [-0.05, 0) is 17.0 Å².